The van der Waals surface area contributed by atoms with Crippen molar-refractivity contribution in [2.45, 2.75) is 18.4 Å². The van der Waals surface area contributed by atoms with E-state index in [1.165, 1.54) is 4.90 Å². The monoisotopic (exact) mass is 308 g/mol. The summed E-state index contributed by atoms with van der Waals surface area (Å²) in [5.74, 6) is 2.63. The lowest BCUT2D eigenvalue weighted by atomic mass is 10.2. The van der Waals surface area contributed by atoms with E-state index in [9.17, 15) is 0 Å². The SMILES string of the molecule is COc1ccccc1SCC(C)CNCc1cscn1. The highest BCUT2D eigenvalue weighted by Gasteiger charge is 2.07. The third kappa shape index (κ3) is 4.81. The second-order valence-corrected chi connectivity index (χ2v) is 6.46. The Hall–Kier alpha value is -1.04. The minimum atomic E-state index is 0.601. The van der Waals surface area contributed by atoms with Crippen LogP contribution < -0.4 is 10.1 Å². The third-order valence-electron chi connectivity index (χ3n) is 2.87. The molecular formula is C15H20N2OS2. The number of thioether (sulfide) groups is 1. The zero-order valence-electron chi connectivity index (χ0n) is 11.8. The molecule has 0 amide bonds. The minimum absolute atomic E-state index is 0.601. The molecule has 1 aromatic carbocycles. The molecule has 0 radical (unpaired) electrons. The Morgan fingerprint density at radius 1 is 1.40 bits per heavy atom. The predicted octanol–water partition coefficient (Wildman–Crippen LogP) is 3.67. The summed E-state index contributed by atoms with van der Waals surface area (Å²) in [5.41, 5.74) is 3.00. The van der Waals surface area contributed by atoms with Gasteiger partial charge in [-0.05, 0) is 24.6 Å². The maximum absolute atomic E-state index is 5.36. The summed E-state index contributed by atoms with van der Waals surface area (Å²) >= 11 is 3.49. The van der Waals surface area contributed by atoms with Crippen molar-refractivity contribution in [2.24, 2.45) is 5.92 Å². The van der Waals surface area contributed by atoms with E-state index in [4.69, 9.17) is 4.74 Å². The highest BCUT2D eigenvalue weighted by atomic mass is 32.2. The number of ether oxygens (including phenoxy) is 1. The van der Waals surface area contributed by atoms with Crippen molar-refractivity contribution in [3.63, 3.8) is 0 Å². The van der Waals surface area contributed by atoms with Crippen LogP contribution in [0.1, 0.15) is 12.6 Å². The Labute approximate surface area is 128 Å². The Morgan fingerprint density at radius 3 is 3.00 bits per heavy atom. The molecule has 1 aromatic heterocycles. The molecule has 0 fully saturated rings. The van der Waals surface area contributed by atoms with Crippen molar-refractivity contribution in [3.05, 3.63) is 40.8 Å². The normalized spacial score (nSPS) is 12.3. The molecule has 1 N–H and O–H groups in total. The van der Waals surface area contributed by atoms with Gasteiger partial charge in [0.25, 0.3) is 0 Å². The molecule has 3 nitrogen and oxygen atoms in total. The van der Waals surface area contributed by atoms with Crippen LogP contribution in [0.15, 0.2) is 40.1 Å². The molecule has 20 heavy (non-hydrogen) atoms. The third-order valence-corrected chi connectivity index (χ3v) is 4.89. The average Bonchev–Trinajstić information content (AvgIpc) is 2.98. The molecule has 1 atom stereocenters. The van der Waals surface area contributed by atoms with Crippen molar-refractivity contribution in [1.82, 2.24) is 10.3 Å². The van der Waals surface area contributed by atoms with Gasteiger partial charge in [-0.15, -0.1) is 23.1 Å². The molecule has 1 unspecified atom stereocenters. The maximum Gasteiger partial charge on any atom is 0.132 e. The number of aromatic nitrogens is 1. The first kappa shape index (κ1) is 15.4. The minimum Gasteiger partial charge on any atom is -0.496 e. The topological polar surface area (TPSA) is 34.1 Å². The molecule has 0 aliphatic carbocycles. The summed E-state index contributed by atoms with van der Waals surface area (Å²) < 4.78 is 5.36. The van der Waals surface area contributed by atoms with Gasteiger partial charge in [0.1, 0.15) is 5.75 Å². The first-order valence-corrected chi connectivity index (χ1v) is 8.56. The Balaban J connectivity index is 1.70. The number of rotatable bonds is 8. The van der Waals surface area contributed by atoms with Crippen LogP contribution in [0.25, 0.3) is 0 Å². The molecule has 1 heterocycles. The van der Waals surface area contributed by atoms with Gasteiger partial charge in [0, 0.05) is 22.6 Å². The lowest BCUT2D eigenvalue weighted by Gasteiger charge is -2.13. The Bertz CT molecular complexity index is 502. The summed E-state index contributed by atoms with van der Waals surface area (Å²) in [7, 11) is 1.72. The summed E-state index contributed by atoms with van der Waals surface area (Å²) in [6, 6.07) is 8.17. The van der Waals surface area contributed by atoms with E-state index in [2.05, 4.69) is 34.7 Å². The smallest absolute Gasteiger partial charge is 0.132 e. The number of hydrogen-bond acceptors (Lipinski definition) is 5. The number of hydrogen-bond donors (Lipinski definition) is 1. The van der Waals surface area contributed by atoms with Gasteiger partial charge >= 0.3 is 0 Å². The summed E-state index contributed by atoms with van der Waals surface area (Å²) in [6.45, 7) is 4.11. The van der Waals surface area contributed by atoms with E-state index in [0.717, 1.165) is 30.3 Å². The van der Waals surface area contributed by atoms with Crippen LogP contribution in [0.4, 0.5) is 0 Å². The fourth-order valence-electron chi connectivity index (χ4n) is 1.80. The first-order chi connectivity index (χ1) is 9.79. The van der Waals surface area contributed by atoms with Crippen LogP contribution >= 0.6 is 23.1 Å². The number of methoxy groups -OCH3 is 1. The molecule has 5 heteroatoms. The number of nitrogens with zero attached hydrogens (tertiary/aromatic N) is 1. The Morgan fingerprint density at radius 2 is 2.25 bits per heavy atom. The van der Waals surface area contributed by atoms with Gasteiger partial charge in [-0.2, -0.15) is 0 Å². The van der Waals surface area contributed by atoms with E-state index >= 15 is 0 Å². The molecule has 0 aliphatic rings. The van der Waals surface area contributed by atoms with Crippen LogP contribution in [0.2, 0.25) is 0 Å². The number of para-hydroxylation sites is 1. The lowest BCUT2D eigenvalue weighted by molar-refractivity contribution is 0.404. The highest BCUT2D eigenvalue weighted by Crippen LogP contribution is 2.29. The van der Waals surface area contributed by atoms with Gasteiger partial charge in [-0.25, -0.2) is 4.98 Å². The number of nitrogens with one attached hydrogen (secondary N) is 1. The van der Waals surface area contributed by atoms with Crippen molar-refractivity contribution >= 4 is 23.1 Å². The molecule has 108 valence electrons. The summed E-state index contributed by atoms with van der Waals surface area (Å²) in [5, 5.41) is 5.54. The van der Waals surface area contributed by atoms with Crippen molar-refractivity contribution in [2.75, 3.05) is 19.4 Å². The standard InChI is InChI=1S/C15H20N2OS2/c1-12(7-16-8-13-10-19-11-17-13)9-20-15-6-4-3-5-14(15)18-2/h3-6,10-12,16H,7-9H2,1-2H3. The number of benzene rings is 1. The van der Waals surface area contributed by atoms with E-state index in [1.54, 1.807) is 18.4 Å². The fraction of sp³-hybridized carbons (Fsp3) is 0.400. The zero-order valence-corrected chi connectivity index (χ0v) is 13.5. The Kier molecular flexibility index (Phi) is 6.36. The van der Waals surface area contributed by atoms with Gasteiger partial charge in [0.05, 0.1) is 18.3 Å². The molecule has 0 saturated carbocycles. The predicted molar refractivity (Wildman–Crippen MR) is 86.7 cm³/mol. The zero-order chi connectivity index (χ0) is 14.2. The van der Waals surface area contributed by atoms with Crippen molar-refractivity contribution in [3.8, 4) is 5.75 Å². The molecule has 0 bridgehead atoms. The number of thiazole rings is 1. The van der Waals surface area contributed by atoms with Crippen LogP contribution in [0.3, 0.4) is 0 Å². The van der Waals surface area contributed by atoms with E-state index in [0.29, 0.717) is 5.92 Å². The van der Waals surface area contributed by atoms with Gasteiger partial charge in [0.15, 0.2) is 0 Å². The molecule has 0 saturated heterocycles. The average molecular weight is 308 g/mol. The summed E-state index contributed by atoms with van der Waals surface area (Å²) in [6.07, 6.45) is 0. The van der Waals surface area contributed by atoms with E-state index < -0.39 is 0 Å². The van der Waals surface area contributed by atoms with Gasteiger partial charge < -0.3 is 10.1 Å². The molecule has 0 spiro atoms. The lowest BCUT2D eigenvalue weighted by Crippen LogP contribution is -2.22. The summed E-state index contributed by atoms with van der Waals surface area (Å²) in [4.78, 5) is 5.47. The second-order valence-electron chi connectivity index (χ2n) is 4.68. The molecule has 0 aliphatic heterocycles. The van der Waals surface area contributed by atoms with Crippen molar-refractivity contribution in [1.29, 1.82) is 0 Å². The highest BCUT2D eigenvalue weighted by molar-refractivity contribution is 7.99. The van der Waals surface area contributed by atoms with Gasteiger partial charge in [0.2, 0.25) is 0 Å². The van der Waals surface area contributed by atoms with E-state index in [1.807, 2.05) is 29.4 Å². The van der Waals surface area contributed by atoms with Crippen LogP contribution in [-0.2, 0) is 6.54 Å². The second kappa shape index (κ2) is 8.29. The van der Waals surface area contributed by atoms with Gasteiger partial charge in [-0.1, -0.05) is 19.1 Å². The molecular weight excluding hydrogens is 288 g/mol. The van der Waals surface area contributed by atoms with Crippen LogP contribution in [-0.4, -0.2) is 24.4 Å². The van der Waals surface area contributed by atoms with Crippen molar-refractivity contribution < 1.29 is 4.74 Å². The van der Waals surface area contributed by atoms with Crippen LogP contribution in [0, 0.1) is 5.92 Å². The van der Waals surface area contributed by atoms with E-state index in [-0.39, 0.29) is 0 Å². The molecule has 2 rings (SSSR count). The molecule has 2 aromatic rings. The largest absolute Gasteiger partial charge is 0.496 e. The quantitative estimate of drug-likeness (QED) is 0.755. The first-order valence-electron chi connectivity index (χ1n) is 6.63. The fourth-order valence-corrected chi connectivity index (χ4v) is 3.41. The maximum atomic E-state index is 5.36. The van der Waals surface area contributed by atoms with Crippen LogP contribution in [0.5, 0.6) is 5.75 Å². The van der Waals surface area contributed by atoms with Gasteiger partial charge in [-0.3, -0.25) is 0 Å².